The van der Waals surface area contributed by atoms with Crippen LogP contribution in [-0.4, -0.2) is 44.8 Å². The fourth-order valence-electron chi connectivity index (χ4n) is 3.72. The number of hydrogen-bond donors (Lipinski definition) is 1. The van der Waals surface area contributed by atoms with E-state index in [1.807, 2.05) is 13.0 Å². The van der Waals surface area contributed by atoms with Crippen LogP contribution in [0.2, 0.25) is 5.02 Å². The minimum Gasteiger partial charge on any atom is -0.371 e. The fourth-order valence-corrected chi connectivity index (χ4v) is 5.38. The molecule has 2 aromatic rings. The topological polar surface area (TPSA) is 69.7 Å². The van der Waals surface area contributed by atoms with Gasteiger partial charge in [0.2, 0.25) is 10.0 Å². The lowest BCUT2D eigenvalue weighted by atomic mass is 10.1. The molecule has 3 rings (SSSR count). The first-order valence-corrected chi connectivity index (χ1v) is 12.1. The van der Waals surface area contributed by atoms with Crippen molar-refractivity contribution in [3.8, 4) is 0 Å². The van der Waals surface area contributed by atoms with Crippen LogP contribution in [-0.2, 0) is 10.0 Å². The quantitative estimate of drug-likeness (QED) is 0.674. The maximum Gasteiger partial charge on any atom is 0.257 e. The van der Waals surface area contributed by atoms with Crippen LogP contribution in [0, 0.1) is 6.92 Å². The third-order valence-corrected chi connectivity index (χ3v) is 7.73. The molecule has 1 N–H and O–H groups in total. The Hall–Kier alpha value is -2.09. The Morgan fingerprint density at radius 3 is 2.40 bits per heavy atom. The van der Waals surface area contributed by atoms with Gasteiger partial charge in [0.05, 0.1) is 10.5 Å². The number of carbonyl (C=O) groups is 1. The summed E-state index contributed by atoms with van der Waals surface area (Å²) in [6.45, 7) is 7.92. The van der Waals surface area contributed by atoms with Crippen LogP contribution in [0.4, 0.5) is 11.4 Å². The standard InChI is InChI=1S/C22H28ClN3O3S/c1-4-26(5-2)30(28,29)18-10-11-21(25-12-6-7-13-25)19(15-18)22(27)24-20-14-17(23)9-8-16(20)3/h8-11,14-15H,4-7,12-13H2,1-3H3,(H,24,27). The van der Waals surface area contributed by atoms with E-state index in [1.54, 1.807) is 38.1 Å². The van der Waals surface area contributed by atoms with E-state index in [4.69, 9.17) is 11.6 Å². The van der Waals surface area contributed by atoms with Gasteiger partial charge in [-0.1, -0.05) is 31.5 Å². The van der Waals surface area contributed by atoms with Crippen molar-refractivity contribution in [3.05, 3.63) is 52.5 Å². The van der Waals surface area contributed by atoms with Crippen molar-refractivity contribution in [3.63, 3.8) is 0 Å². The molecule has 8 heteroatoms. The highest BCUT2D eigenvalue weighted by molar-refractivity contribution is 7.89. The Labute approximate surface area is 183 Å². The summed E-state index contributed by atoms with van der Waals surface area (Å²) in [5.41, 5.74) is 2.59. The number of rotatable bonds is 7. The molecule has 0 aliphatic carbocycles. The summed E-state index contributed by atoms with van der Waals surface area (Å²) in [6.07, 6.45) is 2.10. The Bertz CT molecular complexity index is 1030. The molecule has 1 heterocycles. The van der Waals surface area contributed by atoms with Crippen molar-refractivity contribution < 1.29 is 13.2 Å². The molecule has 30 heavy (non-hydrogen) atoms. The van der Waals surface area contributed by atoms with E-state index < -0.39 is 10.0 Å². The predicted octanol–water partition coefficient (Wildman–Crippen LogP) is 4.53. The number of carbonyl (C=O) groups excluding carboxylic acids is 1. The Kier molecular flexibility index (Phi) is 7.06. The van der Waals surface area contributed by atoms with Gasteiger partial charge >= 0.3 is 0 Å². The molecule has 6 nitrogen and oxygen atoms in total. The van der Waals surface area contributed by atoms with Gasteiger partial charge in [-0.3, -0.25) is 4.79 Å². The summed E-state index contributed by atoms with van der Waals surface area (Å²) in [7, 11) is -3.67. The third kappa shape index (κ3) is 4.63. The van der Waals surface area contributed by atoms with Crippen molar-refractivity contribution >= 4 is 38.9 Å². The third-order valence-electron chi connectivity index (χ3n) is 5.45. The van der Waals surface area contributed by atoms with Gasteiger partial charge in [-0.05, 0) is 55.7 Å². The zero-order chi connectivity index (χ0) is 21.9. The average molecular weight is 450 g/mol. The second-order valence-corrected chi connectivity index (χ2v) is 9.75. The molecule has 0 atom stereocenters. The van der Waals surface area contributed by atoms with Gasteiger partial charge in [0.25, 0.3) is 5.91 Å². The number of amides is 1. The van der Waals surface area contributed by atoms with Crippen molar-refractivity contribution in [2.45, 2.75) is 38.5 Å². The van der Waals surface area contributed by atoms with Crippen molar-refractivity contribution in [2.75, 3.05) is 36.4 Å². The van der Waals surface area contributed by atoms with E-state index in [0.29, 0.717) is 29.4 Å². The lowest BCUT2D eigenvalue weighted by molar-refractivity contribution is 0.102. The summed E-state index contributed by atoms with van der Waals surface area (Å²) in [5.74, 6) is -0.348. The molecule has 0 radical (unpaired) electrons. The summed E-state index contributed by atoms with van der Waals surface area (Å²) in [6, 6.07) is 10.1. The molecule has 1 aliphatic heterocycles. The van der Waals surface area contributed by atoms with Crippen molar-refractivity contribution in [1.82, 2.24) is 4.31 Å². The van der Waals surface area contributed by atoms with Crippen LogP contribution in [0.5, 0.6) is 0 Å². The van der Waals surface area contributed by atoms with Crippen LogP contribution in [0.3, 0.4) is 0 Å². The first kappa shape index (κ1) is 22.6. The molecule has 2 aromatic carbocycles. The van der Waals surface area contributed by atoms with Gasteiger partial charge in [-0.15, -0.1) is 0 Å². The lowest BCUT2D eigenvalue weighted by Crippen LogP contribution is -2.31. The minimum absolute atomic E-state index is 0.127. The van der Waals surface area contributed by atoms with Gasteiger partial charge in [-0.2, -0.15) is 4.31 Å². The van der Waals surface area contributed by atoms with Crippen molar-refractivity contribution in [1.29, 1.82) is 0 Å². The van der Waals surface area contributed by atoms with Gasteiger partial charge in [-0.25, -0.2) is 8.42 Å². The molecular formula is C22H28ClN3O3S. The Balaban J connectivity index is 2.05. The summed E-state index contributed by atoms with van der Waals surface area (Å²) >= 11 is 6.09. The van der Waals surface area contributed by atoms with Crippen LogP contribution in [0.15, 0.2) is 41.3 Å². The van der Waals surface area contributed by atoms with E-state index >= 15 is 0 Å². The molecule has 1 fully saturated rings. The molecule has 0 spiro atoms. The van der Waals surface area contributed by atoms with Gasteiger partial charge in [0.15, 0.2) is 0 Å². The highest BCUT2D eigenvalue weighted by atomic mass is 35.5. The predicted molar refractivity (Wildman–Crippen MR) is 122 cm³/mol. The van der Waals surface area contributed by atoms with Crippen LogP contribution in [0.1, 0.15) is 42.6 Å². The van der Waals surface area contributed by atoms with Crippen LogP contribution >= 0.6 is 11.6 Å². The number of benzene rings is 2. The molecule has 0 bridgehead atoms. The van der Waals surface area contributed by atoms with Gasteiger partial charge in [0, 0.05) is 42.6 Å². The zero-order valence-electron chi connectivity index (χ0n) is 17.6. The largest absolute Gasteiger partial charge is 0.371 e. The number of halogens is 1. The second-order valence-electron chi connectivity index (χ2n) is 7.38. The Morgan fingerprint density at radius 1 is 1.10 bits per heavy atom. The van der Waals surface area contributed by atoms with Gasteiger partial charge < -0.3 is 10.2 Å². The lowest BCUT2D eigenvalue weighted by Gasteiger charge is -2.23. The van der Waals surface area contributed by atoms with E-state index in [9.17, 15) is 13.2 Å². The molecule has 1 aliphatic rings. The number of hydrogen-bond acceptors (Lipinski definition) is 4. The molecule has 162 valence electrons. The maximum absolute atomic E-state index is 13.3. The smallest absolute Gasteiger partial charge is 0.257 e. The monoisotopic (exact) mass is 449 g/mol. The summed E-state index contributed by atoms with van der Waals surface area (Å²) < 4.78 is 27.4. The highest BCUT2D eigenvalue weighted by Gasteiger charge is 2.26. The zero-order valence-corrected chi connectivity index (χ0v) is 19.2. The van der Waals surface area contributed by atoms with Crippen LogP contribution < -0.4 is 10.2 Å². The number of aryl methyl sites for hydroxylation is 1. The molecule has 0 unspecified atom stereocenters. The molecule has 0 saturated carbocycles. The maximum atomic E-state index is 13.3. The number of nitrogens with zero attached hydrogens (tertiary/aromatic N) is 2. The second kappa shape index (κ2) is 9.37. The van der Waals surface area contributed by atoms with E-state index in [2.05, 4.69) is 10.2 Å². The first-order valence-electron chi connectivity index (χ1n) is 10.2. The van der Waals surface area contributed by atoms with Gasteiger partial charge in [0.1, 0.15) is 0 Å². The molecule has 0 aromatic heterocycles. The normalized spacial score (nSPS) is 14.4. The average Bonchev–Trinajstić information content (AvgIpc) is 3.25. The van der Waals surface area contributed by atoms with Crippen LogP contribution in [0.25, 0.3) is 0 Å². The number of anilines is 2. The Morgan fingerprint density at radius 2 is 1.77 bits per heavy atom. The number of sulfonamides is 1. The first-order chi connectivity index (χ1) is 14.3. The summed E-state index contributed by atoms with van der Waals surface area (Å²) in [5, 5.41) is 3.43. The highest BCUT2D eigenvalue weighted by Crippen LogP contribution is 2.30. The van der Waals surface area contributed by atoms with E-state index in [1.165, 1.54) is 10.4 Å². The molecule has 1 amide bonds. The van der Waals surface area contributed by atoms with E-state index in [-0.39, 0.29) is 10.8 Å². The van der Waals surface area contributed by atoms with E-state index in [0.717, 1.165) is 37.2 Å². The van der Waals surface area contributed by atoms with Crippen molar-refractivity contribution in [2.24, 2.45) is 0 Å². The minimum atomic E-state index is -3.67. The fraction of sp³-hybridized carbons (Fsp3) is 0.409. The number of nitrogens with one attached hydrogen (secondary N) is 1. The summed E-state index contributed by atoms with van der Waals surface area (Å²) in [4.78, 5) is 15.5. The molecular weight excluding hydrogens is 422 g/mol. The SMILES string of the molecule is CCN(CC)S(=O)(=O)c1ccc(N2CCCC2)c(C(=O)Nc2cc(Cl)ccc2C)c1. The molecule has 1 saturated heterocycles.